The van der Waals surface area contributed by atoms with Gasteiger partial charge in [-0.25, -0.2) is 18.3 Å². The van der Waals surface area contributed by atoms with E-state index in [1.165, 1.54) is 12.1 Å². The Hall–Kier alpha value is -0.630. The molecule has 0 aliphatic heterocycles. The molecule has 2 rings (SSSR count). The van der Waals surface area contributed by atoms with Crippen LogP contribution in [0, 0.1) is 5.82 Å². The molecule has 2 aromatic rings. The van der Waals surface area contributed by atoms with Crippen molar-refractivity contribution in [2.75, 3.05) is 0 Å². The van der Waals surface area contributed by atoms with Crippen molar-refractivity contribution in [3.8, 4) is 0 Å². The first-order valence-electron chi connectivity index (χ1n) is 7.41. The van der Waals surface area contributed by atoms with E-state index >= 15 is 0 Å². The minimum Gasteiger partial charge on any atom is -0.243 e. The van der Waals surface area contributed by atoms with Crippen LogP contribution < -0.4 is 4.72 Å². The second kappa shape index (κ2) is 8.17. The van der Waals surface area contributed by atoms with E-state index in [0.717, 1.165) is 15.7 Å². The highest BCUT2D eigenvalue weighted by Gasteiger charge is 2.26. The molecule has 24 heavy (non-hydrogen) atoms. The van der Waals surface area contributed by atoms with Gasteiger partial charge in [-0.2, -0.15) is 0 Å². The summed E-state index contributed by atoms with van der Waals surface area (Å²) in [6.45, 7) is 5.70. The Labute approximate surface area is 161 Å². The van der Waals surface area contributed by atoms with Crippen LogP contribution in [0.4, 0.5) is 4.39 Å². The number of rotatable bonds is 5. The molecule has 1 heterocycles. The van der Waals surface area contributed by atoms with Crippen LogP contribution in [0.3, 0.4) is 0 Å². The maximum atomic E-state index is 13.5. The van der Waals surface area contributed by atoms with E-state index in [0.29, 0.717) is 11.0 Å². The fourth-order valence-corrected chi connectivity index (χ4v) is 3.70. The number of hydrogen-bond donors (Lipinski definition) is 1. The molecule has 0 fully saturated rings. The van der Waals surface area contributed by atoms with E-state index < -0.39 is 15.7 Å². The van der Waals surface area contributed by atoms with Crippen molar-refractivity contribution in [1.82, 2.24) is 9.71 Å². The third-order valence-electron chi connectivity index (χ3n) is 3.30. The van der Waals surface area contributed by atoms with E-state index in [4.69, 9.17) is 0 Å². The first-order valence-corrected chi connectivity index (χ1v) is 10.1. The third-order valence-corrected chi connectivity index (χ3v) is 6.03. The maximum absolute atomic E-state index is 13.5. The van der Waals surface area contributed by atoms with Gasteiger partial charge in [0.05, 0.1) is 27.5 Å². The molecule has 2 unspecified atom stereocenters. The van der Waals surface area contributed by atoms with Gasteiger partial charge in [0.25, 0.3) is 0 Å². The molecule has 0 aliphatic rings. The van der Waals surface area contributed by atoms with Gasteiger partial charge in [0.2, 0.25) is 0 Å². The predicted octanol–water partition coefficient (Wildman–Crippen LogP) is 5.08. The minimum atomic E-state index is -1.28. The molecule has 0 amide bonds. The monoisotopic (exact) mass is 476 g/mol. The Morgan fingerprint density at radius 2 is 1.96 bits per heavy atom. The number of nitrogens with zero attached hydrogens (tertiary/aromatic N) is 1. The van der Waals surface area contributed by atoms with Crippen LogP contribution >= 0.6 is 31.9 Å². The molecule has 1 N–H and O–H groups in total. The number of pyridine rings is 1. The number of hydrogen-bond acceptors (Lipinski definition) is 2. The summed E-state index contributed by atoms with van der Waals surface area (Å²) in [7, 11) is -1.28. The van der Waals surface area contributed by atoms with Gasteiger partial charge in [-0.3, -0.25) is 0 Å². The summed E-state index contributed by atoms with van der Waals surface area (Å²) >= 11 is 6.87. The van der Waals surface area contributed by atoms with Crippen molar-refractivity contribution >= 4 is 42.8 Å². The Balaban J connectivity index is 2.37. The topological polar surface area (TPSA) is 42.0 Å². The van der Waals surface area contributed by atoms with Crippen molar-refractivity contribution in [3.05, 3.63) is 62.5 Å². The van der Waals surface area contributed by atoms with Crippen molar-refractivity contribution < 1.29 is 8.60 Å². The summed E-state index contributed by atoms with van der Waals surface area (Å²) in [6, 6.07) is 9.81. The summed E-state index contributed by atoms with van der Waals surface area (Å²) in [5.74, 6) is -0.288. The van der Waals surface area contributed by atoms with Gasteiger partial charge in [0, 0.05) is 4.47 Å². The van der Waals surface area contributed by atoms with Crippen LogP contribution in [0.25, 0.3) is 0 Å². The highest BCUT2D eigenvalue weighted by molar-refractivity contribution is 9.11. The van der Waals surface area contributed by atoms with Crippen molar-refractivity contribution in [2.24, 2.45) is 0 Å². The predicted molar refractivity (Wildman–Crippen MR) is 104 cm³/mol. The van der Waals surface area contributed by atoms with E-state index in [1.54, 1.807) is 6.07 Å². The fraction of sp³-hybridized carbons (Fsp3) is 0.353. The number of halogens is 3. The Bertz CT molecular complexity index is 750. The van der Waals surface area contributed by atoms with E-state index in [2.05, 4.69) is 41.6 Å². The molecule has 2 atom stereocenters. The first-order chi connectivity index (χ1) is 11.2. The zero-order chi connectivity index (χ0) is 17.9. The number of nitrogens with one attached hydrogen (secondary N) is 1. The van der Waals surface area contributed by atoms with E-state index in [1.807, 2.05) is 39.0 Å². The van der Waals surface area contributed by atoms with Gasteiger partial charge in [0.1, 0.15) is 10.4 Å². The van der Waals surface area contributed by atoms with Gasteiger partial charge in [0.15, 0.2) is 0 Å². The Kier molecular flexibility index (Phi) is 6.70. The second-order valence-corrected chi connectivity index (χ2v) is 10.1. The molecule has 130 valence electrons. The highest BCUT2D eigenvalue weighted by Crippen LogP contribution is 2.28. The summed E-state index contributed by atoms with van der Waals surface area (Å²) in [4.78, 5) is 4.51. The van der Waals surface area contributed by atoms with Gasteiger partial charge in [-0.05, 0) is 88.9 Å². The molecular weight excluding hydrogens is 459 g/mol. The fourth-order valence-electron chi connectivity index (χ4n) is 2.08. The zero-order valence-corrected chi connectivity index (χ0v) is 17.6. The van der Waals surface area contributed by atoms with Crippen molar-refractivity contribution in [1.29, 1.82) is 0 Å². The molecule has 7 heteroatoms. The lowest BCUT2D eigenvalue weighted by molar-refractivity contribution is 0.582. The largest absolute Gasteiger partial charge is 0.243 e. The van der Waals surface area contributed by atoms with Gasteiger partial charge >= 0.3 is 0 Å². The molecule has 1 aromatic heterocycles. The number of benzene rings is 1. The second-order valence-electron chi connectivity index (χ2n) is 6.39. The molecule has 3 nitrogen and oxygen atoms in total. The highest BCUT2D eigenvalue weighted by atomic mass is 79.9. The Morgan fingerprint density at radius 3 is 2.58 bits per heavy atom. The summed E-state index contributed by atoms with van der Waals surface area (Å²) < 4.78 is 30.3. The van der Waals surface area contributed by atoms with Crippen LogP contribution in [0.2, 0.25) is 0 Å². The Morgan fingerprint density at radius 1 is 1.25 bits per heavy atom. The van der Waals surface area contributed by atoms with Crippen LogP contribution in [0.1, 0.15) is 38.1 Å². The van der Waals surface area contributed by atoms with Crippen LogP contribution in [-0.4, -0.2) is 13.9 Å². The average molecular weight is 478 g/mol. The summed E-state index contributed by atoms with van der Waals surface area (Å²) in [6.07, 6.45) is 0.474. The lowest BCUT2D eigenvalue weighted by atomic mass is 10.0. The smallest absolute Gasteiger partial charge is 0.123 e. The molecule has 0 aliphatic carbocycles. The zero-order valence-electron chi connectivity index (χ0n) is 13.6. The maximum Gasteiger partial charge on any atom is 0.123 e. The van der Waals surface area contributed by atoms with E-state index in [9.17, 15) is 8.60 Å². The van der Waals surface area contributed by atoms with Crippen LogP contribution in [-0.2, 0) is 17.4 Å². The molecular formula is C17H19Br2FN2OS. The van der Waals surface area contributed by atoms with Crippen molar-refractivity contribution in [2.45, 2.75) is 38.0 Å². The van der Waals surface area contributed by atoms with Crippen LogP contribution in [0.15, 0.2) is 45.5 Å². The summed E-state index contributed by atoms with van der Waals surface area (Å²) in [5.41, 5.74) is 1.54. The minimum absolute atomic E-state index is 0.288. The molecule has 0 saturated heterocycles. The summed E-state index contributed by atoms with van der Waals surface area (Å²) in [5, 5.41) is 0. The van der Waals surface area contributed by atoms with Gasteiger partial charge in [-0.15, -0.1) is 0 Å². The van der Waals surface area contributed by atoms with Gasteiger partial charge in [-0.1, -0.05) is 12.1 Å². The van der Waals surface area contributed by atoms with E-state index in [-0.39, 0.29) is 11.9 Å². The number of aromatic nitrogens is 1. The average Bonchev–Trinajstić information content (AvgIpc) is 2.48. The normalized spacial score (nSPS) is 14.4. The first kappa shape index (κ1) is 19.7. The lowest BCUT2D eigenvalue weighted by Crippen LogP contribution is -2.37. The van der Waals surface area contributed by atoms with Gasteiger partial charge < -0.3 is 0 Å². The molecule has 0 saturated carbocycles. The molecule has 1 aromatic carbocycles. The third kappa shape index (κ3) is 5.44. The quantitative estimate of drug-likeness (QED) is 0.610. The molecule has 0 spiro atoms. The lowest BCUT2D eigenvalue weighted by Gasteiger charge is -2.25. The SMILES string of the molecule is CC(C)(C)S(=O)NC(Cc1cccc(F)c1)c1nc(Br)ccc1Br. The van der Waals surface area contributed by atoms with Crippen molar-refractivity contribution in [3.63, 3.8) is 0 Å². The standard InChI is InChI=1S/C17H19Br2FN2OS/c1-17(2,3)24(23)22-14(10-11-5-4-6-12(20)9-11)16-13(18)7-8-15(19)21-16/h4-9,14,22H,10H2,1-3H3. The molecule has 0 bridgehead atoms. The van der Waals surface area contributed by atoms with Crippen LogP contribution in [0.5, 0.6) is 0 Å². The molecule has 0 radical (unpaired) electrons.